The van der Waals surface area contributed by atoms with Gasteiger partial charge in [0.1, 0.15) is 17.8 Å². The molecule has 1 fully saturated rings. The summed E-state index contributed by atoms with van der Waals surface area (Å²) in [5, 5.41) is 5.71. The minimum Gasteiger partial charge on any atom is -0.351 e. The number of aromatic amines is 1. The minimum absolute atomic E-state index is 0.436. The summed E-state index contributed by atoms with van der Waals surface area (Å²) in [7, 11) is 0. The Morgan fingerprint density at radius 3 is 3.05 bits per heavy atom. The van der Waals surface area contributed by atoms with Crippen LogP contribution in [0.4, 0.5) is 5.82 Å². The van der Waals surface area contributed by atoms with Crippen LogP contribution in [0.2, 0.25) is 0 Å². The number of hydrogen-bond acceptors (Lipinski definition) is 4. The smallest absolute Gasteiger partial charge is 0.142 e. The first-order valence-electron chi connectivity index (χ1n) is 7.78. The van der Waals surface area contributed by atoms with Gasteiger partial charge in [-0.2, -0.15) is 5.10 Å². The van der Waals surface area contributed by atoms with Crippen LogP contribution in [0.5, 0.6) is 0 Å². The molecule has 0 aromatic carbocycles. The fourth-order valence-electron chi connectivity index (χ4n) is 3.45. The van der Waals surface area contributed by atoms with E-state index in [-0.39, 0.29) is 0 Å². The van der Waals surface area contributed by atoms with Crippen molar-refractivity contribution >= 4 is 16.9 Å². The standard InChI is InChI=1S/C16H20N6/c1-11-8-12(2)22(20-11)9-13-4-3-7-21(13)16-14-5-6-17-15(14)18-10-19-16/h5-6,8,10,13H,3-4,7,9H2,1-2H3,(H,17,18,19)/t13-/m1/s1. The van der Waals surface area contributed by atoms with Gasteiger partial charge in [-0.3, -0.25) is 4.68 Å². The summed E-state index contributed by atoms with van der Waals surface area (Å²) in [6.07, 6.45) is 5.94. The maximum atomic E-state index is 4.61. The second-order valence-electron chi connectivity index (χ2n) is 6.04. The van der Waals surface area contributed by atoms with Gasteiger partial charge in [-0.15, -0.1) is 0 Å². The molecule has 0 spiro atoms. The molecule has 1 saturated heterocycles. The Morgan fingerprint density at radius 1 is 1.32 bits per heavy atom. The summed E-state index contributed by atoms with van der Waals surface area (Å²) in [5.41, 5.74) is 3.21. The molecule has 6 nitrogen and oxygen atoms in total. The molecule has 4 rings (SSSR count). The minimum atomic E-state index is 0.436. The zero-order chi connectivity index (χ0) is 15.1. The van der Waals surface area contributed by atoms with Crippen molar-refractivity contribution in [3.8, 4) is 0 Å². The van der Waals surface area contributed by atoms with Gasteiger partial charge in [0, 0.05) is 18.4 Å². The summed E-state index contributed by atoms with van der Waals surface area (Å²) in [5.74, 6) is 1.04. The number of H-pyrrole nitrogens is 1. The van der Waals surface area contributed by atoms with Gasteiger partial charge in [-0.25, -0.2) is 9.97 Å². The third-order valence-corrected chi connectivity index (χ3v) is 4.47. The number of aromatic nitrogens is 5. The van der Waals surface area contributed by atoms with Crippen molar-refractivity contribution in [2.75, 3.05) is 11.4 Å². The molecule has 0 aliphatic carbocycles. The van der Waals surface area contributed by atoms with Gasteiger partial charge in [0.15, 0.2) is 0 Å². The van der Waals surface area contributed by atoms with E-state index in [4.69, 9.17) is 0 Å². The Bertz CT molecular complexity index is 802. The number of rotatable bonds is 3. The number of nitrogens with zero attached hydrogens (tertiary/aromatic N) is 5. The molecule has 3 aromatic heterocycles. The van der Waals surface area contributed by atoms with Crippen molar-refractivity contribution < 1.29 is 0 Å². The first-order chi connectivity index (χ1) is 10.7. The van der Waals surface area contributed by atoms with Crippen molar-refractivity contribution in [1.29, 1.82) is 0 Å². The van der Waals surface area contributed by atoms with Gasteiger partial charge in [0.25, 0.3) is 0 Å². The Labute approximate surface area is 129 Å². The highest BCUT2D eigenvalue weighted by Gasteiger charge is 2.28. The second-order valence-corrected chi connectivity index (χ2v) is 6.04. The number of nitrogens with one attached hydrogen (secondary N) is 1. The predicted octanol–water partition coefficient (Wildman–Crippen LogP) is 2.44. The monoisotopic (exact) mass is 296 g/mol. The van der Waals surface area contributed by atoms with E-state index in [2.05, 4.69) is 48.7 Å². The molecule has 1 atom stereocenters. The fourth-order valence-corrected chi connectivity index (χ4v) is 3.45. The van der Waals surface area contributed by atoms with Crippen LogP contribution in [-0.4, -0.2) is 37.3 Å². The largest absolute Gasteiger partial charge is 0.351 e. The van der Waals surface area contributed by atoms with Crippen molar-refractivity contribution in [3.05, 3.63) is 36.0 Å². The van der Waals surface area contributed by atoms with Crippen molar-refractivity contribution in [1.82, 2.24) is 24.7 Å². The molecule has 0 radical (unpaired) electrons. The molecule has 3 aromatic rings. The third kappa shape index (κ3) is 2.15. The quantitative estimate of drug-likeness (QED) is 0.806. The van der Waals surface area contributed by atoms with Gasteiger partial charge in [0.05, 0.1) is 23.7 Å². The van der Waals surface area contributed by atoms with Crippen molar-refractivity contribution in [2.24, 2.45) is 0 Å². The lowest BCUT2D eigenvalue weighted by Gasteiger charge is -2.26. The van der Waals surface area contributed by atoms with Crippen LogP contribution in [0.15, 0.2) is 24.7 Å². The second kappa shape index (κ2) is 5.12. The molecule has 0 bridgehead atoms. The maximum Gasteiger partial charge on any atom is 0.142 e. The zero-order valence-corrected chi connectivity index (χ0v) is 13.0. The van der Waals surface area contributed by atoms with Gasteiger partial charge < -0.3 is 9.88 Å². The lowest BCUT2D eigenvalue weighted by Crippen LogP contribution is -2.34. The van der Waals surface area contributed by atoms with E-state index in [0.29, 0.717) is 6.04 Å². The first-order valence-corrected chi connectivity index (χ1v) is 7.78. The first kappa shape index (κ1) is 13.3. The van der Waals surface area contributed by atoms with E-state index in [1.54, 1.807) is 6.33 Å². The molecule has 114 valence electrons. The number of aryl methyl sites for hydroxylation is 2. The van der Waals surface area contributed by atoms with Gasteiger partial charge in [-0.05, 0) is 38.8 Å². The van der Waals surface area contributed by atoms with Gasteiger partial charge >= 0.3 is 0 Å². The molecule has 6 heteroatoms. The molecule has 1 aliphatic heterocycles. The van der Waals surface area contributed by atoms with Crippen molar-refractivity contribution in [2.45, 2.75) is 39.3 Å². The number of anilines is 1. The maximum absolute atomic E-state index is 4.61. The van der Waals surface area contributed by atoms with E-state index in [9.17, 15) is 0 Å². The lowest BCUT2D eigenvalue weighted by molar-refractivity contribution is 0.497. The van der Waals surface area contributed by atoms with Crippen molar-refractivity contribution in [3.63, 3.8) is 0 Å². The molecule has 0 amide bonds. The van der Waals surface area contributed by atoms with Crippen LogP contribution in [-0.2, 0) is 6.54 Å². The van der Waals surface area contributed by atoms with Crippen LogP contribution in [0, 0.1) is 13.8 Å². The molecule has 1 N–H and O–H groups in total. The topological polar surface area (TPSA) is 62.6 Å². The Kier molecular flexibility index (Phi) is 3.10. The molecular formula is C16H20N6. The summed E-state index contributed by atoms with van der Waals surface area (Å²) >= 11 is 0. The molecule has 0 saturated carbocycles. The highest BCUT2D eigenvalue weighted by molar-refractivity contribution is 5.87. The summed E-state index contributed by atoms with van der Waals surface area (Å²) < 4.78 is 2.12. The molecular weight excluding hydrogens is 276 g/mol. The summed E-state index contributed by atoms with van der Waals surface area (Å²) in [6.45, 7) is 6.12. The van der Waals surface area contributed by atoms with E-state index in [1.165, 1.54) is 18.5 Å². The van der Waals surface area contributed by atoms with Gasteiger partial charge in [-0.1, -0.05) is 0 Å². The van der Waals surface area contributed by atoms with Crippen LogP contribution >= 0.6 is 0 Å². The molecule has 22 heavy (non-hydrogen) atoms. The molecule has 1 aliphatic rings. The fraction of sp³-hybridized carbons (Fsp3) is 0.438. The summed E-state index contributed by atoms with van der Waals surface area (Å²) in [4.78, 5) is 14.4. The van der Waals surface area contributed by atoms with E-state index in [1.807, 2.05) is 13.1 Å². The normalized spacial score (nSPS) is 18.5. The number of fused-ring (bicyclic) bond motifs is 1. The van der Waals surface area contributed by atoms with Crippen LogP contribution in [0.25, 0.3) is 11.0 Å². The highest BCUT2D eigenvalue weighted by atomic mass is 15.3. The predicted molar refractivity (Wildman–Crippen MR) is 86.0 cm³/mol. The van der Waals surface area contributed by atoms with Crippen LogP contribution in [0.1, 0.15) is 24.2 Å². The SMILES string of the molecule is Cc1cc(C)n(C[C@H]2CCCN2c2ncnc3[nH]ccc23)n1. The lowest BCUT2D eigenvalue weighted by atomic mass is 10.2. The van der Waals surface area contributed by atoms with Gasteiger partial charge in [0.2, 0.25) is 0 Å². The average molecular weight is 296 g/mol. The zero-order valence-electron chi connectivity index (χ0n) is 13.0. The molecule has 0 unspecified atom stereocenters. The van der Waals surface area contributed by atoms with E-state index in [0.717, 1.165) is 35.6 Å². The average Bonchev–Trinajstić information content (AvgIpc) is 3.20. The van der Waals surface area contributed by atoms with E-state index < -0.39 is 0 Å². The van der Waals surface area contributed by atoms with Crippen LogP contribution in [0.3, 0.4) is 0 Å². The Hall–Kier alpha value is -2.37. The molecule has 4 heterocycles. The summed E-state index contributed by atoms with van der Waals surface area (Å²) in [6, 6.07) is 4.63. The van der Waals surface area contributed by atoms with Crippen LogP contribution < -0.4 is 4.90 Å². The number of hydrogen-bond donors (Lipinski definition) is 1. The highest BCUT2D eigenvalue weighted by Crippen LogP contribution is 2.29. The Balaban J connectivity index is 1.66. The Morgan fingerprint density at radius 2 is 2.23 bits per heavy atom. The third-order valence-electron chi connectivity index (χ3n) is 4.47. The van der Waals surface area contributed by atoms with E-state index >= 15 is 0 Å².